The Kier molecular flexibility index (Phi) is 3.78. The molecule has 1 heterocycles. The average molecular weight is 234 g/mol. The second-order valence-corrected chi connectivity index (χ2v) is 4.23. The normalized spacial score (nSPS) is 13.1. The van der Waals surface area contributed by atoms with Crippen LogP contribution in [0, 0.1) is 0 Å². The molecule has 2 rings (SSSR count). The first-order chi connectivity index (χ1) is 8.24. The van der Waals surface area contributed by atoms with E-state index in [9.17, 15) is 5.11 Å². The molecule has 2 aromatic rings. The number of aromatic nitrogens is 1. The van der Waals surface area contributed by atoms with Gasteiger partial charge in [0.2, 0.25) is 0 Å². The number of aliphatic hydroxyl groups is 2. The van der Waals surface area contributed by atoms with E-state index in [0.29, 0.717) is 6.54 Å². The van der Waals surface area contributed by atoms with Gasteiger partial charge in [-0.25, -0.2) is 0 Å². The van der Waals surface area contributed by atoms with Crippen LogP contribution in [0.5, 0.6) is 0 Å². The molecule has 0 radical (unpaired) electrons. The number of nitrogens with one attached hydrogen (secondary N) is 1. The van der Waals surface area contributed by atoms with Gasteiger partial charge >= 0.3 is 0 Å². The molecule has 4 nitrogen and oxygen atoms in total. The molecule has 1 aromatic carbocycles. The molecule has 4 heteroatoms. The van der Waals surface area contributed by atoms with Crippen LogP contribution < -0.4 is 5.32 Å². The molecular formula is C13H18N2O2. The molecular weight excluding hydrogens is 216 g/mol. The fourth-order valence-electron chi connectivity index (χ4n) is 2.01. The molecule has 0 aliphatic carbocycles. The molecule has 17 heavy (non-hydrogen) atoms. The van der Waals surface area contributed by atoms with E-state index >= 15 is 0 Å². The summed E-state index contributed by atoms with van der Waals surface area (Å²) in [7, 11) is 1.92. The van der Waals surface area contributed by atoms with Crippen molar-refractivity contribution in [3.63, 3.8) is 0 Å². The molecule has 0 bridgehead atoms. The van der Waals surface area contributed by atoms with Crippen molar-refractivity contribution in [1.29, 1.82) is 0 Å². The second-order valence-electron chi connectivity index (χ2n) is 4.23. The van der Waals surface area contributed by atoms with Gasteiger partial charge in [0.15, 0.2) is 0 Å². The summed E-state index contributed by atoms with van der Waals surface area (Å²) in [6, 6.07) is 8.28. The number of nitrogens with zero attached hydrogens (tertiary/aromatic N) is 1. The van der Waals surface area contributed by atoms with Crippen LogP contribution in [0.2, 0.25) is 0 Å². The SMILES string of the molecule is CNCc1ccc2c(ccn2CC(O)CO)c1. The van der Waals surface area contributed by atoms with Crippen molar-refractivity contribution in [3.05, 3.63) is 36.0 Å². The van der Waals surface area contributed by atoms with E-state index in [2.05, 4.69) is 17.4 Å². The van der Waals surface area contributed by atoms with Crippen molar-refractivity contribution < 1.29 is 10.2 Å². The van der Waals surface area contributed by atoms with Crippen LogP contribution in [-0.2, 0) is 13.1 Å². The van der Waals surface area contributed by atoms with E-state index in [0.717, 1.165) is 17.4 Å². The van der Waals surface area contributed by atoms with Crippen LogP contribution in [0.15, 0.2) is 30.5 Å². The van der Waals surface area contributed by atoms with E-state index < -0.39 is 6.10 Å². The molecule has 1 aromatic heterocycles. The average Bonchev–Trinajstić information content (AvgIpc) is 2.72. The van der Waals surface area contributed by atoms with E-state index in [1.807, 2.05) is 29.9 Å². The minimum Gasteiger partial charge on any atom is -0.394 e. The van der Waals surface area contributed by atoms with Crippen LogP contribution in [0.25, 0.3) is 10.9 Å². The summed E-state index contributed by atoms with van der Waals surface area (Å²) in [5.74, 6) is 0. The summed E-state index contributed by atoms with van der Waals surface area (Å²) >= 11 is 0. The maximum absolute atomic E-state index is 9.45. The molecule has 0 saturated heterocycles. The molecule has 1 atom stereocenters. The van der Waals surface area contributed by atoms with Crippen molar-refractivity contribution in [3.8, 4) is 0 Å². The van der Waals surface area contributed by atoms with E-state index in [1.165, 1.54) is 5.56 Å². The highest BCUT2D eigenvalue weighted by molar-refractivity contribution is 5.80. The lowest BCUT2D eigenvalue weighted by molar-refractivity contribution is 0.0822. The van der Waals surface area contributed by atoms with E-state index in [1.54, 1.807) is 0 Å². The largest absolute Gasteiger partial charge is 0.394 e. The van der Waals surface area contributed by atoms with Gasteiger partial charge in [-0.15, -0.1) is 0 Å². The highest BCUT2D eigenvalue weighted by Gasteiger charge is 2.06. The van der Waals surface area contributed by atoms with Gasteiger partial charge in [0.1, 0.15) is 0 Å². The fraction of sp³-hybridized carbons (Fsp3) is 0.385. The molecule has 0 fully saturated rings. The Labute approximate surface area is 100 Å². The lowest BCUT2D eigenvalue weighted by atomic mass is 10.1. The quantitative estimate of drug-likeness (QED) is 0.714. The predicted octanol–water partition coefficient (Wildman–Crippen LogP) is 0.714. The number of rotatable bonds is 5. The molecule has 1 unspecified atom stereocenters. The van der Waals surface area contributed by atoms with Gasteiger partial charge in [0, 0.05) is 18.3 Å². The van der Waals surface area contributed by atoms with Gasteiger partial charge in [0.05, 0.1) is 19.3 Å². The maximum atomic E-state index is 9.45. The Morgan fingerprint density at radius 2 is 2.18 bits per heavy atom. The minimum atomic E-state index is -0.706. The third-order valence-corrected chi connectivity index (χ3v) is 2.83. The lowest BCUT2D eigenvalue weighted by Gasteiger charge is -2.10. The van der Waals surface area contributed by atoms with Crippen LogP contribution >= 0.6 is 0 Å². The summed E-state index contributed by atoms with van der Waals surface area (Å²) in [6.45, 7) is 1.06. The third kappa shape index (κ3) is 2.66. The van der Waals surface area contributed by atoms with Crippen LogP contribution in [0.3, 0.4) is 0 Å². The molecule has 92 valence electrons. The number of fused-ring (bicyclic) bond motifs is 1. The topological polar surface area (TPSA) is 57.4 Å². The Morgan fingerprint density at radius 3 is 2.88 bits per heavy atom. The smallest absolute Gasteiger partial charge is 0.0949 e. The Hall–Kier alpha value is -1.36. The van der Waals surface area contributed by atoms with Gasteiger partial charge in [-0.3, -0.25) is 0 Å². The summed E-state index contributed by atoms with van der Waals surface area (Å²) in [5.41, 5.74) is 2.32. The first-order valence-corrected chi connectivity index (χ1v) is 5.76. The first kappa shape index (κ1) is 12.1. The lowest BCUT2D eigenvalue weighted by Crippen LogP contribution is -2.19. The van der Waals surface area contributed by atoms with Crippen molar-refractivity contribution in [2.24, 2.45) is 0 Å². The molecule has 3 N–H and O–H groups in total. The van der Waals surface area contributed by atoms with Crippen molar-refractivity contribution >= 4 is 10.9 Å². The molecule has 0 spiro atoms. The van der Waals surface area contributed by atoms with Gasteiger partial charge in [-0.2, -0.15) is 0 Å². The summed E-state index contributed by atoms with van der Waals surface area (Å²) in [6.07, 6.45) is 1.23. The van der Waals surface area contributed by atoms with Crippen LogP contribution in [-0.4, -0.2) is 34.5 Å². The fourth-order valence-corrected chi connectivity index (χ4v) is 2.01. The Morgan fingerprint density at radius 1 is 1.35 bits per heavy atom. The van der Waals surface area contributed by atoms with E-state index in [-0.39, 0.29) is 6.61 Å². The highest BCUT2D eigenvalue weighted by Crippen LogP contribution is 2.18. The standard InChI is InChI=1S/C13H18N2O2/c1-14-7-10-2-3-13-11(6-10)4-5-15(13)8-12(17)9-16/h2-6,12,14,16-17H,7-9H2,1H3. The van der Waals surface area contributed by atoms with E-state index in [4.69, 9.17) is 5.11 Å². The summed E-state index contributed by atoms with van der Waals surface area (Å²) < 4.78 is 1.96. The zero-order valence-electron chi connectivity index (χ0n) is 9.93. The van der Waals surface area contributed by atoms with Crippen molar-refractivity contribution in [2.75, 3.05) is 13.7 Å². The highest BCUT2D eigenvalue weighted by atomic mass is 16.3. The Bertz CT molecular complexity index is 493. The van der Waals surface area contributed by atoms with Crippen molar-refractivity contribution in [2.45, 2.75) is 19.2 Å². The molecule has 0 amide bonds. The Balaban J connectivity index is 2.28. The van der Waals surface area contributed by atoms with Crippen LogP contribution in [0.4, 0.5) is 0 Å². The van der Waals surface area contributed by atoms with Gasteiger partial charge in [-0.05, 0) is 36.2 Å². The van der Waals surface area contributed by atoms with Gasteiger partial charge in [0.25, 0.3) is 0 Å². The zero-order valence-corrected chi connectivity index (χ0v) is 9.93. The number of hydrogen-bond donors (Lipinski definition) is 3. The van der Waals surface area contributed by atoms with Crippen LogP contribution in [0.1, 0.15) is 5.56 Å². The molecule has 0 aliphatic rings. The minimum absolute atomic E-state index is 0.211. The summed E-state index contributed by atoms with van der Waals surface area (Å²) in [4.78, 5) is 0. The maximum Gasteiger partial charge on any atom is 0.0949 e. The monoisotopic (exact) mass is 234 g/mol. The number of benzene rings is 1. The zero-order chi connectivity index (χ0) is 12.3. The predicted molar refractivity (Wildman–Crippen MR) is 67.8 cm³/mol. The first-order valence-electron chi connectivity index (χ1n) is 5.76. The number of hydrogen-bond acceptors (Lipinski definition) is 3. The summed E-state index contributed by atoms with van der Waals surface area (Å²) in [5, 5.41) is 22.6. The van der Waals surface area contributed by atoms with Gasteiger partial charge in [-0.1, -0.05) is 6.07 Å². The molecule has 0 aliphatic heterocycles. The molecule has 0 saturated carbocycles. The second kappa shape index (κ2) is 5.31. The van der Waals surface area contributed by atoms with Gasteiger partial charge < -0.3 is 20.1 Å². The number of aliphatic hydroxyl groups excluding tert-OH is 2. The third-order valence-electron chi connectivity index (χ3n) is 2.83. The van der Waals surface area contributed by atoms with Crippen molar-refractivity contribution in [1.82, 2.24) is 9.88 Å².